The van der Waals surface area contributed by atoms with E-state index in [4.69, 9.17) is 4.74 Å². The number of hydrogen-bond donors (Lipinski definition) is 1. The number of carbonyl (C=O) groups excluding carboxylic acids is 1. The molecule has 1 atom stereocenters. The van der Waals surface area contributed by atoms with Crippen LogP contribution in [0.15, 0.2) is 29.4 Å². The van der Waals surface area contributed by atoms with Gasteiger partial charge in [-0.15, -0.1) is 0 Å². The fourth-order valence-electron chi connectivity index (χ4n) is 3.08. The minimum Gasteiger partial charge on any atom is -0.484 e. The van der Waals surface area contributed by atoms with E-state index in [1.807, 2.05) is 0 Å². The maximum absolute atomic E-state index is 13.0. The summed E-state index contributed by atoms with van der Waals surface area (Å²) in [6, 6.07) is 5.71. The highest BCUT2D eigenvalue weighted by Crippen LogP contribution is 2.36. The third kappa shape index (κ3) is 5.13. The van der Waals surface area contributed by atoms with Crippen LogP contribution in [-0.2, 0) is 4.79 Å². The van der Waals surface area contributed by atoms with Gasteiger partial charge in [-0.2, -0.15) is 5.10 Å². The van der Waals surface area contributed by atoms with E-state index in [0.29, 0.717) is 11.7 Å². The molecule has 0 saturated heterocycles. The van der Waals surface area contributed by atoms with Gasteiger partial charge in [-0.05, 0) is 42.7 Å². The van der Waals surface area contributed by atoms with Crippen molar-refractivity contribution >= 4 is 11.6 Å². The second-order valence-electron chi connectivity index (χ2n) is 6.81. The van der Waals surface area contributed by atoms with E-state index in [9.17, 15) is 9.18 Å². The van der Waals surface area contributed by atoms with Crippen LogP contribution in [0.4, 0.5) is 4.39 Å². The topological polar surface area (TPSA) is 50.7 Å². The van der Waals surface area contributed by atoms with Crippen molar-refractivity contribution in [2.45, 2.75) is 40.0 Å². The molecule has 0 aliphatic heterocycles. The van der Waals surface area contributed by atoms with E-state index in [1.165, 1.54) is 24.6 Å². The van der Waals surface area contributed by atoms with Crippen molar-refractivity contribution < 1.29 is 13.9 Å². The summed E-state index contributed by atoms with van der Waals surface area (Å²) in [6.45, 7) is 6.45. The van der Waals surface area contributed by atoms with Crippen molar-refractivity contribution in [3.05, 3.63) is 30.1 Å². The monoisotopic (exact) mass is 306 g/mol. The Balaban J connectivity index is 1.83. The Kier molecular flexibility index (Phi) is 5.16. The van der Waals surface area contributed by atoms with Gasteiger partial charge in [0.2, 0.25) is 0 Å². The van der Waals surface area contributed by atoms with Gasteiger partial charge in [-0.1, -0.05) is 26.8 Å². The maximum Gasteiger partial charge on any atom is 0.277 e. The molecule has 1 aromatic carbocycles. The van der Waals surface area contributed by atoms with Crippen molar-refractivity contribution in [1.29, 1.82) is 0 Å². The molecule has 4 nitrogen and oxygen atoms in total. The van der Waals surface area contributed by atoms with Crippen LogP contribution in [0.5, 0.6) is 5.75 Å². The molecule has 0 aromatic heterocycles. The molecule has 0 spiro atoms. The highest BCUT2D eigenvalue weighted by Gasteiger charge is 2.29. The van der Waals surface area contributed by atoms with Gasteiger partial charge in [0, 0.05) is 11.8 Å². The van der Waals surface area contributed by atoms with Crippen LogP contribution in [0.2, 0.25) is 0 Å². The molecule has 0 heterocycles. The van der Waals surface area contributed by atoms with E-state index in [1.54, 1.807) is 6.07 Å². The zero-order chi connectivity index (χ0) is 16.2. The van der Waals surface area contributed by atoms with Gasteiger partial charge < -0.3 is 4.74 Å². The van der Waals surface area contributed by atoms with Crippen LogP contribution < -0.4 is 10.2 Å². The molecule has 0 radical (unpaired) electrons. The summed E-state index contributed by atoms with van der Waals surface area (Å²) in [5.41, 5.74) is 3.76. The first-order valence-electron chi connectivity index (χ1n) is 7.57. The van der Waals surface area contributed by atoms with E-state index < -0.39 is 5.82 Å². The highest BCUT2D eigenvalue weighted by atomic mass is 19.1. The Morgan fingerprint density at radius 1 is 1.50 bits per heavy atom. The van der Waals surface area contributed by atoms with Gasteiger partial charge >= 0.3 is 0 Å². The molecule has 1 saturated carbocycles. The van der Waals surface area contributed by atoms with Gasteiger partial charge in [0.15, 0.2) is 6.61 Å². The molecule has 1 N–H and O–H groups in total. The van der Waals surface area contributed by atoms with E-state index >= 15 is 0 Å². The first-order chi connectivity index (χ1) is 10.3. The molecule has 1 aromatic rings. The number of hydrogen-bond acceptors (Lipinski definition) is 3. The number of benzene rings is 1. The molecule has 0 unspecified atom stereocenters. The molecular formula is C17H23FN2O2. The van der Waals surface area contributed by atoms with E-state index in [2.05, 4.69) is 31.3 Å². The van der Waals surface area contributed by atoms with Crippen LogP contribution >= 0.6 is 0 Å². The Hall–Kier alpha value is -1.91. The third-order valence-electron chi connectivity index (χ3n) is 3.67. The molecular weight excluding hydrogens is 283 g/mol. The summed E-state index contributed by atoms with van der Waals surface area (Å²) in [5.74, 6) is 0.169. The minimum absolute atomic E-state index is 0.181. The summed E-state index contributed by atoms with van der Waals surface area (Å²) in [4.78, 5) is 11.7. The van der Waals surface area contributed by atoms with Crippen LogP contribution in [0, 0.1) is 17.2 Å². The van der Waals surface area contributed by atoms with Crippen LogP contribution in [-0.4, -0.2) is 18.2 Å². The Labute approximate surface area is 130 Å². The van der Waals surface area contributed by atoms with E-state index in [-0.39, 0.29) is 17.9 Å². The summed E-state index contributed by atoms with van der Waals surface area (Å²) in [5, 5.41) is 4.22. The number of rotatable bonds is 4. The fraction of sp³-hybridized carbons (Fsp3) is 0.529. The fourth-order valence-corrected chi connectivity index (χ4v) is 3.08. The summed E-state index contributed by atoms with van der Waals surface area (Å²) >= 11 is 0. The van der Waals surface area contributed by atoms with Gasteiger partial charge in [-0.25, -0.2) is 9.82 Å². The first kappa shape index (κ1) is 16.5. The average molecular weight is 306 g/mol. The van der Waals surface area contributed by atoms with Gasteiger partial charge in [0.05, 0.1) is 0 Å². The molecule has 5 heteroatoms. The Morgan fingerprint density at radius 2 is 2.27 bits per heavy atom. The van der Waals surface area contributed by atoms with Crippen molar-refractivity contribution in [2.24, 2.45) is 16.4 Å². The summed E-state index contributed by atoms with van der Waals surface area (Å²) in [7, 11) is 0. The lowest BCUT2D eigenvalue weighted by Crippen LogP contribution is -2.31. The van der Waals surface area contributed by atoms with Gasteiger partial charge in [0.25, 0.3) is 5.91 Å². The highest BCUT2D eigenvalue weighted by molar-refractivity contribution is 5.87. The first-order valence-corrected chi connectivity index (χ1v) is 7.57. The summed E-state index contributed by atoms with van der Waals surface area (Å²) < 4.78 is 18.2. The molecule has 22 heavy (non-hydrogen) atoms. The predicted octanol–water partition coefficient (Wildman–Crippen LogP) is 3.52. The van der Waals surface area contributed by atoms with E-state index in [0.717, 1.165) is 18.6 Å². The molecule has 0 bridgehead atoms. The Morgan fingerprint density at radius 3 is 2.95 bits per heavy atom. The molecule has 1 fully saturated rings. The molecule has 1 aliphatic carbocycles. The van der Waals surface area contributed by atoms with Crippen molar-refractivity contribution in [3.63, 3.8) is 0 Å². The van der Waals surface area contributed by atoms with Crippen LogP contribution in [0.3, 0.4) is 0 Å². The van der Waals surface area contributed by atoms with Crippen molar-refractivity contribution in [2.75, 3.05) is 6.61 Å². The maximum atomic E-state index is 13.0. The largest absolute Gasteiger partial charge is 0.484 e. The third-order valence-corrected chi connectivity index (χ3v) is 3.67. The molecule has 1 amide bonds. The zero-order valence-corrected chi connectivity index (χ0v) is 13.4. The molecule has 2 rings (SSSR count). The lowest BCUT2D eigenvalue weighted by atomic mass is 9.72. The zero-order valence-electron chi connectivity index (χ0n) is 13.4. The number of hydrazone groups is 1. The molecule has 120 valence electrons. The lowest BCUT2D eigenvalue weighted by Gasteiger charge is -2.34. The van der Waals surface area contributed by atoms with Gasteiger partial charge in [-0.3, -0.25) is 4.79 Å². The number of carbonyl (C=O) groups is 1. The number of nitrogens with zero attached hydrogens (tertiary/aromatic N) is 1. The standard InChI is InChI=1S/C17H23FN2O2/c1-12-7-14(10-17(2,3)9-12)19-20-16(21)11-22-15-6-4-5-13(18)8-15/h4-6,8,12H,7,9-11H2,1-3H3,(H,20,21)/b19-14-/t12-/m1/s1. The Bertz CT molecular complexity index is 570. The van der Waals surface area contributed by atoms with Crippen molar-refractivity contribution in [1.82, 2.24) is 5.43 Å². The number of amides is 1. The average Bonchev–Trinajstić information content (AvgIpc) is 2.41. The second-order valence-corrected chi connectivity index (χ2v) is 6.81. The minimum atomic E-state index is -0.392. The predicted molar refractivity (Wildman–Crippen MR) is 84.3 cm³/mol. The SMILES string of the molecule is C[C@@H]1C/C(=N/NC(=O)COc2cccc(F)c2)CC(C)(C)C1. The van der Waals surface area contributed by atoms with Crippen molar-refractivity contribution in [3.8, 4) is 5.75 Å². The number of ether oxygens (including phenoxy) is 1. The van der Waals surface area contributed by atoms with Crippen LogP contribution in [0.1, 0.15) is 40.0 Å². The quantitative estimate of drug-likeness (QED) is 0.865. The number of halogens is 1. The normalized spacial score (nSPS) is 22.4. The second kappa shape index (κ2) is 6.90. The van der Waals surface area contributed by atoms with Gasteiger partial charge in [0.1, 0.15) is 11.6 Å². The summed E-state index contributed by atoms with van der Waals surface area (Å²) in [6.07, 6.45) is 2.97. The lowest BCUT2D eigenvalue weighted by molar-refractivity contribution is -0.123. The molecule has 1 aliphatic rings. The number of nitrogens with one attached hydrogen (secondary N) is 1. The van der Waals surface area contributed by atoms with Crippen LogP contribution in [0.25, 0.3) is 0 Å². The smallest absolute Gasteiger partial charge is 0.277 e.